The molecular weight excluding hydrogens is 438 g/mol. The molecule has 3 nitrogen and oxygen atoms in total. The molecule has 4 atom stereocenters. The lowest BCUT2D eigenvalue weighted by Gasteiger charge is -2.31. The van der Waals surface area contributed by atoms with Crippen LogP contribution in [0.5, 0.6) is 0 Å². The van der Waals surface area contributed by atoms with Crippen molar-refractivity contribution in [1.29, 1.82) is 5.26 Å². The quantitative estimate of drug-likeness (QED) is 0.354. The summed E-state index contributed by atoms with van der Waals surface area (Å²) in [4.78, 5) is 4.33. The fraction of sp³-hybridized carbons (Fsp3) is 0.333. The predicted molar refractivity (Wildman–Crippen MR) is 149 cm³/mol. The first kappa shape index (κ1) is 21.6. The Balaban J connectivity index is 1.47. The van der Waals surface area contributed by atoms with Crippen molar-refractivity contribution in [2.45, 2.75) is 44.4 Å². The van der Waals surface area contributed by atoms with Crippen LogP contribution in [0.2, 0.25) is 0 Å². The molecule has 0 amide bonds. The second-order valence-corrected chi connectivity index (χ2v) is 11.3. The van der Waals surface area contributed by atoms with Gasteiger partial charge in [0.05, 0.1) is 29.6 Å². The summed E-state index contributed by atoms with van der Waals surface area (Å²) >= 11 is 0. The van der Waals surface area contributed by atoms with Crippen LogP contribution in [-0.4, -0.2) is 17.3 Å². The minimum Gasteiger partial charge on any atom is -0.310 e. The number of hydrogen-bond acceptors (Lipinski definition) is 2. The maximum Gasteiger partial charge on any atom is 0.0877 e. The van der Waals surface area contributed by atoms with E-state index in [4.69, 9.17) is 0 Å². The summed E-state index contributed by atoms with van der Waals surface area (Å²) in [6, 6.07) is 16.2. The van der Waals surface area contributed by atoms with Crippen LogP contribution in [-0.2, 0) is 5.41 Å². The number of para-hydroxylation sites is 1. The summed E-state index contributed by atoms with van der Waals surface area (Å²) in [7, 11) is 0. The van der Waals surface area contributed by atoms with E-state index in [1.54, 1.807) is 11.1 Å². The van der Waals surface area contributed by atoms with Crippen molar-refractivity contribution in [2.75, 3.05) is 6.54 Å². The largest absolute Gasteiger partial charge is 0.310 e. The molecule has 0 bridgehead atoms. The molecule has 3 heteroatoms. The lowest BCUT2D eigenvalue weighted by atomic mass is 9.72. The number of aromatic nitrogens is 1. The van der Waals surface area contributed by atoms with Crippen LogP contribution in [0.25, 0.3) is 27.5 Å². The van der Waals surface area contributed by atoms with Gasteiger partial charge in [-0.3, -0.25) is 4.99 Å². The zero-order chi connectivity index (χ0) is 24.4. The molecule has 7 rings (SSSR count). The highest BCUT2D eigenvalue weighted by atomic mass is 15.0. The average molecular weight is 470 g/mol. The minimum absolute atomic E-state index is 0.0942. The lowest BCUT2D eigenvalue weighted by Crippen LogP contribution is -2.25. The van der Waals surface area contributed by atoms with Crippen LogP contribution < -0.4 is 0 Å². The number of dihydropyridines is 1. The number of rotatable bonds is 2. The second kappa shape index (κ2) is 7.93. The molecule has 4 aliphatic rings. The SMILES string of the molecule is CC1(C)c2c(ccc3c2c2ccccc2n3C2=CC(C3=CC=NCC3C#N)CC=C2)C2CCC=CC21. The van der Waals surface area contributed by atoms with Crippen molar-refractivity contribution in [2.24, 2.45) is 22.7 Å². The van der Waals surface area contributed by atoms with Gasteiger partial charge in [-0.25, -0.2) is 0 Å². The van der Waals surface area contributed by atoms with Crippen molar-refractivity contribution in [3.8, 4) is 6.07 Å². The van der Waals surface area contributed by atoms with Gasteiger partial charge in [0.2, 0.25) is 0 Å². The van der Waals surface area contributed by atoms with Gasteiger partial charge < -0.3 is 4.57 Å². The predicted octanol–water partition coefficient (Wildman–Crippen LogP) is 7.70. The fourth-order valence-corrected chi connectivity index (χ4v) is 7.52. The van der Waals surface area contributed by atoms with Crippen molar-refractivity contribution in [3.05, 3.63) is 89.6 Å². The Morgan fingerprint density at radius 2 is 1.97 bits per heavy atom. The molecule has 0 saturated carbocycles. The molecule has 2 heterocycles. The summed E-state index contributed by atoms with van der Waals surface area (Å²) < 4.78 is 2.46. The highest BCUT2D eigenvalue weighted by Crippen LogP contribution is 2.57. The Hall–Kier alpha value is -3.64. The van der Waals surface area contributed by atoms with Crippen LogP contribution in [0.3, 0.4) is 0 Å². The first-order valence-electron chi connectivity index (χ1n) is 13.3. The molecule has 0 fully saturated rings. The maximum atomic E-state index is 9.74. The van der Waals surface area contributed by atoms with Gasteiger partial charge in [-0.05, 0) is 77.5 Å². The van der Waals surface area contributed by atoms with Crippen LogP contribution >= 0.6 is 0 Å². The summed E-state index contributed by atoms with van der Waals surface area (Å²) in [6.07, 6.45) is 19.1. The molecule has 178 valence electrons. The van der Waals surface area contributed by atoms with E-state index < -0.39 is 0 Å². The topological polar surface area (TPSA) is 41.1 Å². The van der Waals surface area contributed by atoms with Crippen LogP contribution in [0, 0.1) is 29.1 Å². The van der Waals surface area contributed by atoms with E-state index in [0.717, 1.165) is 6.42 Å². The standard InChI is InChI=1S/C33H31N3/c1-33(2)28-12-5-3-10-25(28)26-14-15-30-31(32(26)33)27-11-4-6-13-29(27)36(30)23-9-7-8-21(18-23)24-16-17-35-20-22(24)19-34/h4-7,9,11-18,21-22,25,28H,3,8,10,20H2,1-2H3. The first-order chi connectivity index (χ1) is 17.6. The third-order valence-electron chi connectivity index (χ3n) is 9.12. The Labute approximate surface area is 212 Å². The normalized spacial score (nSPS) is 28.0. The number of benzene rings is 2. The molecule has 0 saturated heterocycles. The van der Waals surface area contributed by atoms with E-state index in [9.17, 15) is 5.26 Å². The molecule has 1 aromatic heterocycles. The van der Waals surface area contributed by atoms with Gasteiger partial charge in [-0.15, -0.1) is 0 Å². The van der Waals surface area contributed by atoms with E-state index in [1.807, 2.05) is 6.21 Å². The summed E-state index contributed by atoms with van der Waals surface area (Å²) in [5, 5.41) is 12.5. The van der Waals surface area contributed by atoms with Crippen LogP contribution in [0.1, 0.15) is 50.2 Å². The maximum absolute atomic E-state index is 9.74. The highest BCUT2D eigenvalue weighted by Gasteiger charge is 2.47. The van der Waals surface area contributed by atoms with Gasteiger partial charge in [0, 0.05) is 28.6 Å². The Morgan fingerprint density at radius 1 is 1.08 bits per heavy atom. The van der Waals surface area contributed by atoms with Crippen molar-refractivity contribution in [3.63, 3.8) is 0 Å². The molecule has 0 N–H and O–H groups in total. The van der Waals surface area contributed by atoms with E-state index >= 15 is 0 Å². The Morgan fingerprint density at radius 3 is 2.86 bits per heavy atom. The molecular formula is C33H31N3. The highest BCUT2D eigenvalue weighted by molar-refractivity contribution is 6.13. The fourth-order valence-electron chi connectivity index (χ4n) is 7.52. The summed E-state index contributed by atoms with van der Waals surface area (Å²) in [6.45, 7) is 5.47. The van der Waals surface area contributed by atoms with Crippen molar-refractivity contribution < 1.29 is 0 Å². The lowest BCUT2D eigenvalue weighted by molar-refractivity contribution is 0.348. The van der Waals surface area contributed by atoms with Gasteiger partial charge >= 0.3 is 0 Å². The van der Waals surface area contributed by atoms with E-state index in [1.165, 1.54) is 45.9 Å². The van der Waals surface area contributed by atoms with E-state index in [2.05, 4.69) is 102 Å². The zero-order valence-corrected chi connectivity index (χ0v) is 21.0. The Bertz CT molecular complexity index is 1600. The van der Waals surface area contributed by atoms with Crippen molar-refractivity contribution in [1.82, 2.24) is 4.57 Å². The first-order valence-corrected chi connectivity index (χ1v) is 13.3. The zero-order valence-electron chi connectivity index (χ0n) is 21.0. The third-order valence-corrected chi connectivity index (χ3v) is 9.12. The molecule has 2 aromatic carbocycles. The molecule has 4 unspecified atom stereocenters. The molecule has 3 aromatic rings. The van der Waals surface area contributed by atoms with E-state index in [0.29, 0.717) is 18.4 Å². The minimum atomic E-state index is -0.136. The van der Waals surface area contributed by atoms with Gasteiger partial charge in [0.1, 0.15) is 0 Å². The van der Waals surface area contributed by atoms with Crippen LogP contribution in [0.15, 0.2) is 83.4 Å². The molecule has 1 aliphatic heterocycles. The van der Waals surface area contributed by atoms with Gasteiger partial charge in [0.25, 0.3) is 0 Å². The van der Waals surface area contributed by atoms with Gasteiger partial charge in [-0.1, -0.05) is 62.4 Å². The van der Waals surface area contributed by atoms with Gasteiger partial charge in [-0.2, -0.15) is 5.26 Å². The molecule has 36 heavy (non-hydrogen) atoms. The van der Waals surface area contributed by atoms with E-state index in [-0.39, 0.29) is 17.3 Å². The number of hydrogen-bond donors (Lipinski definition) is 0. The number of fused-ring (bicyclic) bond motifs is 7. The summed E-state index contributed by atoms with van der Waals surface area (Å²) in [5.41, 5.74) is 8.13. The number of allylic oxidation sites excluding steroid dienone is 7. The number of aliphatic imine (C=N–C) groups is 1. The molecule has 0 spiro atoms. The van der Waals surface area contributed by atoms with Crippen molar-refractivity contribution >= 4 is 33.7 Å². The Kier molecular flexibility index (Phi) is 4.77. The average Bonchev–Trinajstić information content (AvgIpc) is 3.38. The molecule has 0 radical (unpaired) electrons. The monoisotopic (exact) mass is 469 g/mol. The molecule has 3 aliphatic carbocycles. The smallest absolute Gasteiger partial charge is 0.0877 e. The second-order valence-electron chi connectivity index (χ2n) is 11.3. The number of nitrogens with zero attached hydrogens (tertiary/aromatic N) is 3. The number of nitriles is 1. The van der Waals surface area contributed by atoms with Crippen LogP contribution in [0.4, 0.5) is 0 Å². The summed E-state index contributed by atoms with van der Waals surface area (Å²) in [5.74, 6) is 1.27. The third kappa shape index (κ3) is 2.94. The van der Waals surface area contributed by atoms with Gasteiger partial charge in [0.15, 0.2) is 0 Å².